The first-order chi connectivity index (χ1) is 2.83. The van der Waals surface area contributed by atoms with Crippen molar-refractivity contribution in [2.45, 2.75) is 7.43 Å². The monoisotopic (exact) mass is 134 g/mol. The zero-order valence-electron chi connectivity index (χ0n) is 2.79. The van der Waals surface area contributed by atoms with Gasteiger partial charge in [0, 0.05) is 0 Å². The van der Waals surface area contributed by atoms with E-state index in [0.29, 0.717) is 0 Å². The Morgan fingerprint density at radius 1 is 1.00 bits per heavy atom. The summed E-state index contributed by atoms with van der Waals surface area (Å²) in [4.78, 5) is 0. The largest absolute Gasteiger partial charge is 0.185 e. The van der Waals surface area contributed by atoms with Crippen molar-refractivity contribution < 1.29 is 0 Å². The highest BCUT2D eigenvalue weighted by Gasteiger charge is 1.18. The molecule has 0 aliphatic rings. The van der Waals surface area contributed by atoms with Crippen LogP contribution in [-0.2, 0) is 0 Å². The second-order valence-corrected chi connectivity index (χ2v) is 0.600. The molecule has 0 spiro atoms. The van der Waals surface area contributed by atoms with Gasteiger partial charge in [-0.15, -0.1) is 0 Å². The molecule has 0 radical (unpaired) electrons. The Balaban J connectivity index is -0.0000000400. The minimum atomic E-state index is 0. The quantitative estimate of drug-likeness (QED) is 0.389. The highest BCUT2D eigenvalue weighted by molar-refractivity contribution is 7.85. The standard InChI is InChI=1S/2CHNS.CH4/c2*2-1-3;/h2*3H;1H4. The van der Waals surface area contributed by atoms with Crippen LogP contribution in [0, 0.1) is 21.3 Å². The average Bonchev–Trinajstić information content (AvgIpc) is 1.39. The Morgan fingerprint density at radius 2 is 1.00 bits per heavy atom. The predicted octanol–water partition coefficient (Wildman–Crippen LogP) is 1.43. The molecule has 0 saturated heterocycles. The Morgan fingerprint density at radius 3 is 1.00 bits per heavy atom. The van der Waals surface area contributed by atoms with Crippen LogP contribution in [0.25, 0.3) is 0 Å². The number of thiol groups is 2. The fourth-order valence-corrected chi connectivity index (χ4v) is 0. The van der Waals surface area contributed by atoms with Gasteiger partial charge in [-0.25, -0.2) is 0 Å². The molecule has 0 aliphatic heterocycles. The summed E-state index contributed by atoms with van der Waals surface area (Å²) in [7, 11) is 0. The maximum Gasteiger partial charge on any atom is 0.130 e. The highest BCUT2D eigenvalue weighted by Crippen LogP contribution is 1.46. The first kappa shape index (κ1) is 15.9. The SMILES string of the molecule is C.N#CS.N#CS. The van der Waals surface area contributed by atoms with E-state index in [1.54, 1.807) is 0 Å². The van der Waals surface area contributed by atoms with E-state index in [9.17, 15) is 0 Å². The van der Waals surface area contributed by atoms with E-state index in [4.69, 9.17) is 10.5 Å². The van der Waals surface area contributed by atoms with E-state index in [1.165, 1.54) is 10.8 Å². The molecule has 4 heteroatoms. The van der Waals surface area contributed by atoms with Crippen molar-refractivity contribution in [1.82, 2.24) is 0 Å². The van der Waals surface area contributed by atoms with Crippen LogP contribution in [0.4, 0.5) is 0 Å². The summed E-state index contributed by atoms with van der Waals surface area (Å²) in [5, 5.41) is 17.3. The van der Waals surface area contributed by atoms with Crippen LogP contribution in [0.15, 0.2) is 0 Å². The van der Waals surface area contributed by atoms with Gasteiger partial charge in [0.15, 0.2) is 0 Å². The second kappa shape index (κ2) is 44.1. The number of nitriles is 2. The minimum absolute atomic E-state index is 0. The summed E-state index contributed by atoms with van der Waals surface area (Å²) < 4.78 is 0. The maximum absolute atomic E-state index is 7.18. The number of rotatable bonds is 0. The molecule has 0 aromatic rings. The van der Waals surface area contributed by atoms with E-state index < -0.39 is 0 Å². The lowest BCUT2D eigenvalue weighted by Crippen LogP contribution is -0.961. The second-order valence-electron chi connectivity index (χ2n) is 0.200. The van der Waals surface area contributed by atoms with Crippen LogP contribution >= 0.6 is 25.3 Å². The fraction of sp³-hybridized carbons (Fsp3) is 0.333. The lowest BCUT2D eigenvalue weighted by Gasteiger charge is -1.14. The lowest BCUT2D eigenvalue weighted by molar-refractivity contribution is 1.57. The molecular weight excluding hydrogens is 128 g/mol. The summed E-state index contributed by atoms with van der Waals surface area (Å²) >= 11 is 6.19. The molecule has 0 aromatic heterocycles. The number of hydrogen-bond acceptors (Lipinski definition) is 4. The molecule has 0 unspecified atom stereocenters. The third-order valence-electron chi connectivity index (χ3n) is 0. The van der Waals surface area contributed by atoms with Crippen LogP contribution in [0.2, 0.25) is 0 Å². The van der Waals surface area contributed by atoms with Gasteiger partial charge in [0.05, 0.1) is 0 Å². The molecule has 0 fully saturated rings. The smallest absolute Gasteiger partial charge is 0.130 e. The Hall–Kier alpha value is -0.320. The van der Waals surface area contributed by atoms with E-state index >= 15 is 0 Å². The molecular formula is C3H6N2S2. The Kier molecular flexibility index (Phi) is 100. The lowest BCUT2D eigenvalue weighted by atomic mass is 11.8. The summed E-state index contributed by atoms with van der Waals surface area (Å²) in [5.41, 5.74) is 0. The van der Waals surface area contributed by atoms with Gasteiger partial charge in [0.25, 0.3) is 0 Å². The summed E-state index contributed by atoms with van der Waals surface area (Å²) in [6.07, 6.45) is 0. The van der Waals surface area contributed by atoms with Gasteiger partial charge in [0.1, 0.15) is 10.8 Å². The number of thiocyanates is 2. The van der Waals surface area contributed by atoms with Crippen molar-refractivity contribution in [2.75, 3.05) is 0 Å². The predicted molar refractivity (Wildman–Crippen MR) is 35.9 cm³/mol. The van der Waals surface area contributed by atoms with Gasteiger partial charge in [0.2, 0.25) is 0 Å². The van der Waals surface area contributed by atoms with Crippen molar-refractivity contribution in [3.05, 3.63) is 0 Å². The normalized spacial score (nSPS) is 2.29. The molecule has 0 amide bonds. The van der Waals surface area contributed by atoms with Crippen molar-refractivity contribution in [1.29, 1.82) is 10.5 Å². The molecule has 40 valence electrons. The Bertz CT molecular complexity index is 65.9. The van der Waals surface area contributed by atoms with Gasteiger partial charge >= 0.3 is 0 Å². The van der Waals surface area contributed by atoms with Gasteiger partial charge in [-0.3, -0.25) is 0 Å². The summed E-state index contributed by atoms with van der Waals surface area (Å²) in [6.45, 7) is 0. The average molecular weight is 134 g/mol. The number of hydrogen-bond donors (Lipinski definition) is 2. The van der Waals surface area contributed by atoms with E-state index in [0.717, 1.165) is 0 Å². The molecule has 0 saturated carbocycles. The van der Waals surface area contributed by atoms with Gasteiger partial charge in [-0.05, 0) is 0 Å². The zero-order valence-corrected chi connectivity index (χ0v) is 4.58. The number of nitrogens with zero attached hydrogens (tertiary/aromatic N) is 2. The van der Waals surface area contributed by atoms with Crippen LogP contribution < -0.4 is 0 Å². The maximum atomic E-state index is 7.18. The van der Waals surface area contributed by atoms with Crippen LogP contribution in [-0.4, -0.2) is 0 Å². The minimum Gasteiger partial charge on any atom is -0.185 e. The van der Waals surface area contributed by atoms with Crippen LogP contribution in [0.1, 0.15) is 7.43 Å². The van der Waals surface area contributed by atoms with Crippen LogP contribution in [0.5, 0.6) is 0 Å². The topological polar surface area (TPSA) is 47.6 Å². The van der Waals surface area contributed by atoms with Gasteiger partial charge < -0.3 is 0 Å². The first-order valence-corrected chi connectivity index (χ1v) is 1.79. The molecule has 0 aliphatic carbocycles. The van der Waals surface area contributed by atoms with Crippen molar-refractivity contribution >= 4 is 25.3 Å². The van der Waals surface area contributed by atoms with Gasteiger partial charge in [-0.1, -0.05) is 32.7 Å². The van der Waals surface area contributed by atoms with Crippen molar-refractivity contribution in [3.8, 4) is 10.8 Å². The summed E-state index contributed by atoms with van der Waals surface area (Å²) in [5.74, 6) is 0. The zero-order chi connectivity index (χ0) is 5.41. The van der Waals surface area contributed by atoms with E-state index in [2.05, 4.69) is 25.3 Å². The van der Waals surface area contributed by atoms with Crippen LogP contribution in [0.3, 0.4) is 0 Å². The molecule has 7 heavy (non-hydrogen) atoms. The molecule has 0 aromatic carbocycles. The fourth-order valence-electron chi connectivity index (χ4n) is 0. The summed E-state index contributed by atoms with van der Waals surface area (Å²) in [6, 6.07) is 0. The highest BCUT2D eigenvalue weighted by atomic mass is 32.1. The van der Waals surface area contributed by atoms with E-state index in [1.807, 2.05) is 0 Å². The molecule has 2 nitrogen and oxygen atoms in total. The molecule has 0 rings (SSSR count). The third kappa shape index (κ3) is 751. The molecule has 0 bridgehead atoms. The molecule has 0 atom stereocenters. The third-order valence-corrected chi connectivity index (χ3v) is 0. The molecule has 0 N–H and O–H groups in total. The Labute approximate surface area is 54.6 Å². The van der Waals surface area contributed by atoms with Gasteiger partial charge in [-0.2, -0.15) is 10.5 Å². The van der Waals surface area contributed by atoms with Crippen molar-refractivity contribution in [2.24, 2.45) is 0 Å². The van der Waals surface area contributed by atoms with E-state index in [-0.39, 0.29) is 7.43 Å². The van der Waals surface area contributed by atoms with Crippen molar-refractivity contribution in [3.63, 3.8) is 0 Å². The first-order valence-electron chi connectivity index (χ1n) is 0.894. The molecule has 0 heterocycles.